The topological polar surface area (TPSA) is 95.6 Å². The maximum Gasteiger partial charge on any atom is 0.186 e. The molecule has 0 spiro atoms. The van der Waals surface area contributed by atoms with Gasteiger partial charge in [0, 0.05) is 10.9 Å². The molecule has 7 nitrogen and oxygen atoms in total. The first-order valence-corrected chi connectivity index (χ1v) is 7.34. The van der Waals surface area contributed by atoms with Crippen LogP contribution in [0.1, 0.15) is 6.92 Å². The van der Waals surface area contributed by atoms with Crippen LogP contribution in [0.4, 0.5) is 5.82 Å². The van der Waals surface area contributed by atoms with E-state index in [1.807, 2.05) is 16.8 Å². The van der Waals surface area contributed by atoms with Crippen molar-refractivity contribution in [3.05, 3.63) is 29.0 Å². The first-order valence-electron chi connectivity index (χ1n) is 6.40. The molecule has 3 aromatic rings. The Kier molecular flexibility index (Phi) is 3.58. The molecule has 3 N–H and O–H groups in total. The number of anilines is 1. The van der Waals surface area contributed by atoms with Crippen molar-refractivity contribution in [2.24, 2.45) is 0 Å². The Morgan fingerprint density at radius 2 is 2.05 bits per heavy atom. The van der Waals surface area contributed by atoms with E-state index in [9.17, 15) is 10.2 Å². The van der Waals surface area contributed by atoms with E-state index in [-0.39, 0.29) is 13.2 Å². The molecule has 21 heavy (non-hydrogen) atoms. The number of nitrogens with one attached hydrogen (secondary N) is 1. The molecule has 0 aliphatic rings. The average Bonchev–Trinajstić information content (AvgIpc) is 3.15. The van der Waals surface area contributed by atoms with Crippen LogP contribution in [-0.2, 0) is 0 Å². The van der Waals surface area contributed by atoms with E-state index in [0.717, 1.165) is 5.56 Å². The number of hydrogen-bond acceptors (Lipinski definition) is 7. The van der Waals surface area contributed by atoms with Gasteiger partial charge in [-0.05, 0) is 30.5 Å². The number of rotatable bonds is 5. The minimum atomic E-state index is -0.836. The average molecular weight is 305 g/mol. The summed E-state index contributed by atoms with van der Waals surface area (Å²) in [5.41, 5.74) is 0.748. The van der Waals surface area contributed by atoms with Crippen LogP contribution in [0, 0.1) is 0 Å². The summed E-state index contributed by atoms with van der Waals surface area (Å²) in [4.78, 5) is 0. The Labute approximate surface area is 124 Å². The van der Waals surface area contributed by atoms with Crippen molar-refractivity contribution >= 4 is 22.8 Å². The lowest BCUT2D eigenvalue weighted by Crippen LogP contribution is -2.42. The normalized spacial score (nSPS) is 12.0. The zero-order chi connectivity index (χ0) is 14.9. The lowest BCUT2D eigenvalue weighted by atomic mass is 10.1. The highest BCUT2D eigenvalue weighted by Gasteiger charge is 2.23. The van der Waals surface area contributed by atoms with Crippen molar-refractivity contribution in [2.45, 2.75) is 12.5 Å². The van der Waals surface area contributed by atoms with Crippen LogP contribution in [0.5, 0.6) is 0 Å². The van der Waals surface area contributed by atoms with Gasteiger partial charge < -0.3 is 15.5 Å². The van der Waals surface area contributed by atoms with E-state index in [2.05, 4.69) is 20.6 Å². The van der Waals surface area contributed by atoms with Gasteiger partial charge in [0.2, 0.25) is 0 Å². The molecule has 110 valence electrons. The van der Waals surface area contributed by atoms with Crippen LogP contribution >= 0.6 is 11.3 Å². The van der Waals surface area contributed by atoms with Crippen LogP contribution in [0.15, 0.2) is 29.0 Å². The molecule has 0 bridgehead atoms. The Hall–Kier alpha value is -2.03. The third-order valence-corrected chi connectivity index (χ3v) is 3.85. The summed E-state index contributed by atoms with van der Waals surface area (Å²) in [7, 11) is 0. The Balaban J connectivity index is 2.01. The number of aliphatic hydroxyl groups is 2. The van der Waals surface area contributed by atoms with E-state index in [4.69, 9.17) is 0 Å². The van der Waals surface area contributed by atoms with Gasteiger partial charge in [-0.25, -0.2) is 0 Å². The minimum absolute atomic E-state index is 0.206. The maximum atomic E-state index is 9.34. The molecule has 0 saturated heterocycles. The summed E-state index contributed by atoms with van der Waals surface area (Å²) in [6, 6.07) is 5.48. The number of aromatic nitrogens is 4. The highest BCUT2D eigenvalue weighted by atomic mass is 32.1. The molecule has 0 saturated carbocycles. The van der Waals surface area contributed by atoms with E-state index in [1.165, 1.54) is 0 Å². The first-order chi connectivity index (χ1) is 10.1. The summed E-state index contributed by atoms with van der Waals surface area (Å²) in [5.74, 6) is 1.19. The van der Waals surface area contributed by atoms with Gasteiger partial charge in [-0.1, -0.05) is 0 Å². The maximum absolute atomic E-state index is 9.34. The Bertz CT molecular complexity index is 736. The molecule has 0 aromatic carbocycles. The molecule has 0 amide bonds. The molecular weight excluding hydrogens is 290 g/mol. The number of nitrogens with zero attached hydrogens (tertiary/aromatic N) is 4. The van der Waals surface area contributed by atoms with E-state index >= 15 is 0 Å². The predicted octanol–water partition coefficient (Wildman–Crippen LogP) is 1.01. The fourth-order valence-corrected chi connectivity index (χ4v) is 2.50. The second-order valence-corrected chi connectivity index (χ2v) is 5.81. The highest BCUT2D eigenvalue weighted by molar-refractivity contribution is 7.08. The lowest BCUT2D eigenvalue weighted by molar-refractivity contribution is 0.147. The van der Waals surface area contributed by atoms with Crippen LogP contribution < -0.4 is 5.32 Å². The van der Waals surface area contributed by atoms with Crippen molar-refractivity contribution in [1.82, 2.24) is 19.8 Å². The summed E-state index contributed by atoms with van der Waals surface area (Å²) < 4.78 is 1.64. The SMILES string of the molecule is CC(CO)(CO)Nc1ccc2nnc(-c3ccsc3)n2n1. The van der Waals surface area contributed by atoms with Gasteiger partial charge in [0.05, 0.1) is 18.8 Å². The summed E-state index contributed by atoms with van der Waals surface area (Å²) in [6.07, 6.45) is 0. The summed E-state index contributed by atoms with van der Waals surface area (Å²) >= 11 is 1.58. The van der Waals surface area contributed by atoms with Gasteiger partial charge in [-0.15, -0.1) is 15.3 Å². The smallest absolute Gasteiger partial charge is 0.186 e. The van der Waals surface area contributed by atoms with Gasteiger partial charge in [0.1, 0.15) is 5.82 Å². The van der Waals surface area contributed by atoms with Crippen molar-refractivity contribution in [3.8, 4) is 11.4 Å². The van der Waals surface area contributed by atoms with Gasteiger partial charge in [0.25, 0.3) is 0 Å². The Morgan fingerprint density at radius 3 is 2.71 bits per heavy atom. The summed E-state index contributed by atoms with van der Waals surface area (Å²) in [6.45, 7) is 1.30. The van der Waals surface area contributed by atoms with Gasteiger partial charge in [-0.2, -0.15) is 15.9 Å². The van der Waals surface area contributed by atoms with Crippen molar-refractivity contribution < 1.29 is 10.2 Å². The first kappa shape index (κ1) is 13.9. The van der Waals surface area contributed by atoms with Crippen LogP contribution in [0.25, 0.3) is 17.0 Å². The van der Waals surface area contributed by atoms with Crippen molar-refractivity contribution in [2.75, 3.05) is 18.5 Å². The fraction of sp³-hybridized carbons (Fsp3) is 0.308. The zero-order valence-corrected chi connectivity index (χ0v) is 12.2. The van der Waals surface area contributed by atoms with Crippen LogP contribution in [0.2, 0.25) is 0 Å². The molecule has 0 aliphatic carbocycles. The molecule has 8 heteroatoms. The van der Waals surface area contributed by atoms with Crippen LogP contribution in [-0.4, -0.2) is 48.8 Å². The molecule has 0 aliphatic heterocycles. The predicted molar refractivity (Wildman–Crippen MR) is 80.3 cm³/mol. The molecule has 0 unspecified atom stereocenters. The molecule has 3 rings (SSSR count). The zero-order valence-electron chi connectivity index (χ0n) is 11.4. The highest BCUT2D eigenvalue weighted by Crippen LogP contribution is 2.21. The summed E-state index contributed by atoms with van der Waals surface area (Å²) in [5, 5.41) is 38.3. The second kappa shape index (κ2) is 5.40. The third-order valence-electron chi connectivity index (χ3n) is 3.17. The molecule has 0 fully saturated rings. The Morgan fingerprint density at radius 1 is 1.24 bits per heavy atom. The van der Waals surface area contributed by atoms with Crippen molar-refractivity contribution in [1.29, 1.82) is 0 Å². The lowest BCUT2D eigenvalue weighted by Gasteiger charge is -2.26. The van der Waals surface area contributed by atoms with E-state index in [0.29, 0.717) is 17.3 Å². The van der Waals surface area contributed by atoms with E-state index in [1.54, 1.807) is 34.9 Å². The standard InChI is InChI=1S/C13H15N5O2S/c1-13(7-19,8-20)14-10-2-3-11-15-16-12(18(11)17-10)9-4-5-21-6-9/h2-6,19-20H,7-8H2,1H3,(H,14,17). The van der Waals surface area contributed by atoms with Gasteiger partial charge >= 0.3 is 0 Å². The minimum Gasteiger partial charge on any atom is -0.394 e. The molecular formula is C13H15N5O2S. The third kappa shape index (κ3) is 2.60. The fourth-order valence-electron chi connectivity index (χ4n) is 1.87. The van der Waals surface area contributed by atoms with E-state index < -0.39 is 5.54 Å². The molecule has 3 heterocycles. The number of fused-ring (bicyclic) bond motifs is 1. The largest absolute Gasteiger partial charge is 0.394 e. The number of thiophene rings is 1. The monoisotopic (exact) mass is 305 g/mol. The molecule has 0 radical (unpaired) electrons. The second-order valence-electron chi connectivity index (χ2n) is 5.03. The van der Waals surface area contributed by atoms with Gasteiger partial charge in [-0.3, -0.25) is 0 Å². The molecule has 0 atom stereocenters. The molecule has 3 aromatic heterocycles. The number of hydrogen-bond donors (Lipinski definition) is 3. The van der Waals surface area contributed by atoms with Crippen molar-refractivity contribution in [3.63, 3.8) is 0 Å². The quantitative estimate of drug-likeness (QED) is 0.651. The number of aliphatic hydroxyl groups excluding tert-OH is 2. The van der Waals surface area contributed by atoms with Crippen LogP contribution in [0.3, 0.4) is 0 Å². The van der Waals surface area contributed by atoms with Gasteiger partial charge in [0.15, 0.2) is 11.5 Å².